The van der Waals surface area contributed by atoms with Crippen LogP contribution in [0, 0.1) is 5.92 Å². The van der Waals surface area contributed by atoms with Crippen molar-refractivity contribution in [3.05, 3.63) is 47.1 Å². The Bertz CT molecular complexity index is 962. The van der Waals surface area contributed by atoms with Crippen LogP contribution in [0.5, 0.6) is 0 Å². The van der Waals surface area contributed by atoms with E-state index in [1.54, 1.807) is 29.2 Å². The van der Waals surface area contributed by atoms with Crippen molar-refractivity contribution in [1.82, 2.24) is 10.3 Å². The summed E-state index contributed by atoms with van der Waals surface area (Å²) in [4.78, 5) is 29.7. The lowest BCUT2D eigenvalue weighted by atomic mass is 9.95. The molecule has 1 saturated heterocycles. The zero-order valence-electron chi connectivity index (χ0n) is 16.6. The van der Waals surface area contributed by atoms with Crippen molar-refractivity contribution >= 4 is 40.7 Å². The maximum absolute atomic E-state index is 12.8. The lowest BCUT2D eigenvalue weighted by Gasteiger charge is -2.32. The molecule has 0 radical (unpaired) electrons. The number of nitrogens with one attached hydrogen (secondary N) is 3. The lowest BCUT2D eigenvalue weighted by molar-refractivity contribution is -0.137. The van der Waals surface area contributed by atoms with Gasteiger partial charge in [0.25, 0.3) is 0 Å². The van der Waals surface area contributed by atoms with Crippen LogP contribution in [0.3, 0.4) is 0 Å². The largest absolute Gasteiger partial charge is 0.417 e. The minimum Gasteiger partial charge on any atom is -0.355 e. The molecule has 11 heteroatoms. The molecule has 0 spiro atoms. The van der Waals surface area contributed by atoms with Gasteiger partial charge < -0.3 is 20.9 Å². The Morgan fingerprint density at radius 1 is 1.13 bits per heavy atom. The number of carbonyl (C=O) groups is 2. The van der Waals surface area contributed by atoms with E-state index in [9.17, 15) is 22.8 Å². The van der Waals surface area contributed by atoms with Crippen molar-refractivity contribution in [2.45, 2.75) is 19.0 Å². The molecule has 0 bridgehead atoms. The summed E-state index contributed by atoms with van der Waals surface area (Å²) in [7, 11) is 1.50. The number of rotatable bonds is 4. The van der Waals surface area contributed by atoms with Gasteiger partial charge in [0, 0.05) is 43.6 Å². The second-order valence-corrected chi connectivity index (χ2v) is 7.47. The van der Waals surface area contributed by atoms with Crippen LogP contribution in [-0.4, -0.2) is 37.1 Å². The Kier molecular flexibility index (Phi) is 6.89. The quantitative estimate of drug-likeness (QED) is 0.639. The highest BCUT2D eigenvalue weighted by Crippen LogP contribution is 2.34. The lowest BCUT2D eigenvalue weighted by Crippen LogP contribution is -2.38. The van der Waals surface area contributed by atoms with Crippen molar-refractivity contribution in [2.75, 3.05) is 35.7 Å². The van der Waals surface area contributed by atoms with Gasteiger partial charge in [-0.15, -0.1) is 0 Å². The van der Waals surface area contributed by atoms with E-state index in [4.69, 9.17) is 11.6 Å². The van der Waals surface area contributed by atoms with Crippen LogP contribution in [0.15, 0.2) is 36.5 Å². The molecule has 7 nitrogen and oxygen atoms in total. The van der Waals surface area contributed by atoms with Crippen molar-refractivity contribution < 1.29 is 22.8 Å². The molecule has 31 heavy (non-hydrogen) atoms. The molecular weight excluding hydrogens is 435 g/mol. The first-order chi connectivity index (χ1) is 14.7. The highest BCUT2D eigenvalue weighted by molar-refractivity contribution is 6.33. The predicted molar refractivity (Wildman–Crippen MR) is 112 cm³/mol. The van der Waals surface area contributed by atoms with Crippen molar-refractivity contribution in [3.8, 4) is 0 Å². The van der Waals surface area contributed by atoms with Gasteiger partial charge in [-0.25, -0.2) is 9.78 Å². The maximum atomic E-state index is 12.8. The second-order valence-electron chi connectivity index (χ2n) is 7.06. The van der Waals surface area contributed by atoms with Gasteiger partial charge in [-0.05, 0) is 37.1 Å². The van der Waals surface area contributed by atoms with Gasteiger partial charge in [0.1, 0.15) is 5.82 Å². The number of halogens is 4. The molecule has 0 unspecified atom stereocenters. The summed E-state index contributed by atoms with van der Waals surface area (Å²) in [5, 5.41) is 7.84. The summed E-state index contributed by atoms with van der Waals surface area (Å²) in [6.07, 6.45) is -2.74. The van der Waals surface area contributed by atoms with Gasteiger partial charge in [0.2, 0.25) is 5.91 Å². The molecule has 0 saturated carbocycles. The van der Waals surface area contributed by atoms with E-state index in [-0.39, 0.29) is 28.7 Å². The molecule has 1 aromatic carbocycles. The number of nitrogens with zero attached hydrogens (tertiary/aromatic N) is 2. The number of carbonyl (C=O) groups excluding carboxylic acids is 2. The molecule has 166 valence electrons. The summed E-state index contributed by atoms with van der Waals surface area (Å²) < 4.78 is 38.4. The topological polar surface area (TPSA) is 86.4 Å². The Morgan fingerprint density at radius 3 is 2.35 bits per heavy atom. The first-order valence-electron chi connectivity index (χ1n) is 9.54. The van der Waals surface area contributed by atoms with E-state index in [0.29, 0.717) is 37.3 Å². The predicted octanol–water partition coefficient (Wildman–Crippen LogP) is 4.36. The highest BCUT2D eigenvalue weighted by Gasteiger charge is 2.33. The van der Waals surface area contributed by atoms with Crippen LogP contribution < -0.4 is 20.9 Å². The van der Waals surface area contributed by atoms with Crippen LogP contribution in [0.4, 0.5) is 35.2 Å². The zero-order valence-corrected chi connectivity index (χ0v) is 17.3. The standard InChI is InChI=1S/C20H21ClF3N5O2/c1-25-19(31)28-15-4-2-3-14(10-15)27-18(30)12-5-7-29(8-6-12)17-16(21)9-13(11-26-17)20(22,23)24/h2-4,9-12H,5-8H2,1H3,(H,27,30)(H2,25,28,31). The first-order valence-corrected chi connectivity index (χ1v) is 9.92. The second kappa shape index (κ2) is 9.42. The molecule has 2 aromatic rings. The average Bonchev–Trinajstić information content (AvgIpc) is 2.73. The fourth-order valence-corrected chi connectivity index (χ4v) is 3.57. The van der Waals surface area contributed by atoms with E-state index in [0.717, 1.165) is 12.3 Å². The molecule has 0 aliphatic carbocycles. The highest BCUT2D eigenvalue weighted by atomic mass is 35.5. The fourth-order valence-electron chi connectivity index (χ4n) is 3.28. The molecule has 1 aliphatic heterocycles. The van der Waals surface area contributed by atoms with Crippen LogP contribution in [0.25, 0.3) is 0 Å². The average molecular weight is 456 g/mol. The van der Waals surface area contributed by atoms with Crippen LogP contribution in [0.2, 0.25) is 5.02 Å². The summed E-state index contributed by atoms with van der Waals surface area (Å²) in [5.74, 6) is -0.148. The molecule has 0 atom stereocenters. The number of anilines is 3. The van der Waals surface area contributed by atoms with Crippen molar-refractivity contribution in [3.63, 3.8) is 0 Å². The molecular formula is C20H21ClF3N5O2. The van der Waals surface area contributed by atoms with Crippen LogP contribution in [0.1, 0.15) is 18.4 Å². The number of amides is 3. The van der Waals surface area contributed by atoms with Gasteiger partial charge >= 0.3 is 12.2 Å². The van der Waals surface area contributed by atoms with E-state index >= 15 is 0 Å². The van der Waals surface area contributed by atoms with Gasteiger partial charge in [-0.2, -0.15) is 13.2 Å². The molecule has 3 rings (SSSR count). The normalized spacial score (nSPS) is 14.8. The SMILES string of the molecule is CNC(=O)Nc1cccc(NC(=O)C2CCN(c3ncc(C(F)(F)F)cc3Cl)CC2)c1. The van der Waals surface area contributed by atoms with Crippen molar-refractivity contribution in [1.29, 1.82) is 0 Å². The van der Waals surface area contributed by atoms with Gasteiger partial charge in [-0.1, -0.05) is 17.7 Å². The Labute approximate surface area is 182 Å². The number of piperidine rings is 1. The zero-order chi connectivity index (χ0) is 22.6. The third-order valence-corrected chi connectivity index (χ3v) is 5.21. The number of alkyl halides is 3. The maximum Gasteiger partial charge on any atom is 0.417 e. The minimum atomic E-state index is -4.51. The van der Waals surface area contributed by atoms with Crippen molar-refractivity contribution in [2.24, 2.45) is 5.92 Å². The number of pyridine rings is 1. The number of benzene rings is 1. The van der Waals surface area contributed by atoms with Gasteiger partial charge in [-0.3, -0.25) is 4.79 Å². The molecule has 3 amide bonds. The van der Waals surface area contributed by atoms with E-state index < -0.39 is 11.7 Å². The Balaban J connectivity index is 1.58. The Morgan fingerprint density at radius 2 is 1.77 bits per heavy atom. The monoisotopic (exact) mass is 455 g/mol. The van der Waals surface area contributed by atoms with E-state index in [2.05, 4.69) is 20.9 Å². The smallest absolute Gasteiger partial charge is 0.355 e. The van der Waals surface area contributed by atoms with Gasteiger partial charge in [0.15, 0.2) is 0 Å². The van der Waals surface area contributed by atoms with Crippen LogP contribution in [-0.2, 0) is 11.0 Å². The number of hydrogen-bond donors (Lipinski definition) is 3. The summed E-state index contributed by atoms with van der Waals surface area (Å²) in [5.41, 5.74) is 0.187. The summed E-state index contributed by atoms with van der Waals surface area (Å²) in [6.45, 7) is 0.878. The number of urea groups is 1. The summed E-state index contributed by atoms with van der Waals surface area (Å²) >= 11 is 6.02. The minimum absolute atomic E-state index is 0.0712. The number of hydrogen-bond acceptors (Lipinski definition) is 4. The number of aromatic nitrogens is 1. The molecule has 3 N–H and O–H groups in total. The van der Waals surface area contributed by atoms with E-state index in [1.165, 1.54) is 7.05 Å². The first kappa shape index (κ1) is 22.7. The van der Waals surface area contributed by atoms with Crippen LogP contribution >= 0.6 is 11.6 Å². The third kappa shape index (κ3) is 5.78. The molecule has 2 heterocycles. The molecule has 1 fully saturated rings. The summed E-state index contributed by atoms with van der Waals surface area (Å²) in [6, 6.07) is 7.27. The third-order valence-electron chi connectivity index (χ3n) is 4.93. The van der Waals surface area contributed by atoms with Gasteiger partial charge in [0.05, 0.1) is 10.6 Å². The van der Waals surface area contributed by atoms with E-state index in [1.807, 2.05) is 0 Å². The fraction of sp³-hybridized carbons (Fsp3) is 0.350. The molecule has 1 aromatic heterocycles. The Hall–Kier alpha value is -3.01. The molecule has 1 aliphatic rings.